The number of hydrogen-bond donors (Lipinski definition) is 0. The first-order chi connectivity index (χ1) is 18.2. The van der Waals surface area contributed by atoms with Crippen molar-refractivity contribution in [3.05, 3.63) is 84.4 Å². The third-order valence-electron chi connectivity index (χ3n) is 8.90. The molecule has 1 aliphatic carbocycles. The molecule has 1 aliphatic rings. The van der Waals surface area contributed by atoms with Gasteiger partial charge >= 0.3 is 0 Å². The maximum absolute atomic E-state index is 14.1. The third-order valence-corrected chi connectivity index (χ3v) is 15.0. The zero-order chi connectivity index (χ0) is 27.7. The van der Waals surface area contributed by atoms with E-state index in [-0.39, 0.29) is 17.9 Å². The summed E-state index contributed by atoms with van der Waals surface area (Å²) in [5.74, 6) is 1.02. The van der Waals surface area contributed by atoms with Crippen molar-refractivity contribution in [2.75, 3.05) is 0 Å². The molecule has 0 aromatic heterocycles. The summed E-state index contributed by atoms with van der Waals surface area (Å²) in [5, 5.41) is 0. The molecule has 2 aromatic carbocycles. The molecule has 0 unspecified atom stereocenters. The number of amides is 1. The number of carbonyl (C=O) groups excluding carboxylic acids is 1. The molecule has 1 saturated carbocycles. The van der Waals surface area contributed by atoms with Gasteiger partial charge < -0.3 is 9.33 Å². The fourth-order valence-corrected chi connectivity index (χ4v) is 12.7. The first-order valence-electron chi connectivity index (χ1n) is 14.8. The lowest BCUT2D eigenvalue weighted by molar-refractivity contribution is -0.134. The van der Waals surface area contributed by atoms with Crippen molar-refractivity contribution >= 4 is 14.2 Å². The number of allylic oxidation sites excluding steroid dienone is 1. The molecule has 3 nitrogen and oxygen atoms in total. The Balaban J connectivity index is 1.88. The van der Waals surface area contributed by atoms with Crippen molar-refractivity contribution < 1.29 is 9.22 Å². The van der Waals surface area contributed by atoms with Gasteiger partial charge in [-0.2, -0.15) is 0 Å². The molecule has 0 heterocycles. The highest BCUT2D eigenvalue weighted by Crippen LogP contribution is 2.48. The summed E-state index contributed by atoms with van der Waals surface area (Å²) in [6, 6.07) is 20.8. The normalized spacial score (nSPS) is 19.9. The van der Waals surface area contributed by atoms with E-state index in [1.54, 1.807) is 0 Å². The second kappa shape index (κ2) is 14.3. The Morgan fingerprint density at radius 3 is 1.84 bits per heavy atom. The average molecular weight is 534 g/mol. The maximum Gasteiger partial charge on any atom is 0.223 e. The summed E-state index contributed by atoms with van der Waals surface area (Å²) in [7, 11) is -2.04. The van der Waals surface area contributed by atoms with Crippen LogP contribution in [0.3, 0.4) is 0 Å². The smallest absolute Gasteiger partial charge is 0.223 e. The fourth-order valence-electron chi connectivity index (χ4n) is 7.09. The Labute approximate surface area is 233 Å². The Kier molecular flexibility index (Phi) is 11.4. The van der Waals surface area contributed by atoms with Gasteiger partial charge in [0.1, 0.15) is 0 Å². The summed E-state index contributed by atoms with van der Waals surface area (Å²) >= 11 is 0. The lowest BCUT2D eigenvalue weighted by atomic mass is 9.87. The molecule has 208 valence electrons. The zero-order valence-electron chi connectivity index (χ0n) is 24.7. The van der Waals surface area contributed by atoms with Crippen LogP contribution in [-0.4, -0.2) is 25.2 Å². The third kappa shape index (κ3) is 7.48. The van der Waals surface area contributed by atoms with Gasteiger partial charge in [-0.1, -0.05) is 108 Å². The molecule has 4 heteroatoms. The second-order valence-electron chi connectivity index (χ2n) is 12.3. The molecular formula is C34H51NO2Si. The van der Waals surface area contributed by atoms with Crippen LogP contribution in [0.4, 0.5) is 0 Å². The van der Waals surface area contributed by atoms with E-state index in [2.05, 4.69) is 102 Å². The van der Waals surface area contributed by atoms with Crippen molar-refractivity contribution in [3.8, 4) is 0 Å². The van der Waals surface area contributed by atoms with E-state index in [1.807, 2.05) is 18.2 Å². The van der Waals surface area contributed by atoms with E-state index >= 15 is 0 Å². The number of carbonyl (C=O) groups is 1. The molecule has 0 bridgehead atoms. The zero-order valence-corrected chi connectivity index (χ0v) is 25.7. The largest absolute Gasteiger partial charge is 0.413 e. The van der Waals surface area contributed by atoms with Gasteiger partial charge in [0.05, 0.1) is 0 Å². The summed E-state index contributed by atoms with van der Waals surface area (Å²) in [6.45, 7) is 19.4. The molecule has 2 aromatic rings. The Hall–Kier alpha value is -2.17. The molecule has 0 N–H and O–H groups in total. The highest BCUT2D eigenvalue weighted by molar-refractivity contribution is 6.77. The summed E-state index contributed by atoms with van der Waals surface area (Å²) in [5.41, 5.74) is 3.96. The summed E-state index contributed by atoms with van der Waals surface area (Å²) < 4.78 is 7.37. The second-order valence-corrected chi connectivity index (χ2v) is 17.7. The first-order valence-corrected chi connectivity index (χ1v) is 17.0. The van der Waals surface area contributed by atoms with Gasteiger partial charge in [0, 0.05) is 25.6 Å². The molecule has 3 atom stereocenters. The molecule has 0 aliphatic heterocycles. The van der Waals surface area contributed by atoms with Crippen LogP contribution in [0, 0.1) is 11.8 Å². The molecule has 0 saturated heterocycles. The quantitative estimate of drug-likeness (QED) is 0.179. The van der Waals surface area contributed by atoms with E-state index in [0.29, 0.717) is 42.1 Å². The van der Waals surface area contributed by atoms with Gasteiger partial charge in [0.15, 0.2) is 0 Å². The van der Waals surface area contributed by atoms with Gasteiger partial charge in [-0.05, 0) is 65.3 Å². The highest BCUT2D eigenvalue weighted by Gasteiger charge is 2.50. The average Bonchev–Trinajstić information content (AvgIpc) is 3.26. The van der Waals surface area contributed by atoms with Crippen LogP contribution in [0.15, 0.2) is 73.3 Å². The van der Waals surface area contributed by atoms with Crippen molar-refractivity contribution in [2.24, 2.45) is 11.8 Å². The van der Waals surface area contributed by atoms with E-state index < -0.39 is 8.32 Å². The van der Waals surface area contributed by atoms with Crippen molar-refractivity contribution in [3.63, 3.8) is 0 Å². The van der Waals surface area contributed by atoms with Gasteiger partial charge in [0.25, 0.3) is 0 Å². The van der Waals surface area contributed by atoms with E-state index in [1.165, 1.54) is 11.1 Å². The van der Waals surface area contributed by atoms with Crippen molar-refractivity contribution in [1.29, 1.82) is 0 Å². The molecule has 1 fully saturated rings. The van der Waals surface area contributed by atoms with Crippen molar-refractivity contribution in [1.82, 2.24) is 4.90 Å². The monoisotopic (exact) mass is 533 g/mol. The molecule has 1 amide bonds. The predicted molar refractivity (Wildman–Crippen MR) is 163 cm³/mol. The van der Waals surface area contributed by atoms with Gasteiger partial charge in [-0.15, -0.1) is 6.58 Å². The first kappa shape index (κ1) is 30.4. The van der Waals surface area contributed by atoms with Crippen LogP contribution in [-0.2, 0) is 22.3 Å². The fraction of sp³-hybridized carbons (Fsp3) is 0.559. The van der Waals surface area contributed by atoms with Gasteiger partial charge in [-0.25, -0.2) is 0 Å². The highest BCUT2D eigenvalue weighted by atomic mass is 28.4. The van der Waals surface area contributed by atoms with Crippen LogP contribution in [0.25, 0.3) is 0 Å². The minimum absolute atomic E-state index is 0.169. The summed E-state index contributed by atoms with van der Waals surface area (Å²) in [6.07, 6.45) is 7.07. The number of benzene rings is 2. The number of nitrogens with zero attached hydrogens (tertiary/aromatic N) is 1. The Bertz CT molecular complexity index is 925. The lowest BCUT2D eigenvalue weighted by Crippen LogP contribution is -2.51. The molecule has 3 rings (SSSR count). The molecule has 0 radical (unpaired) electrons. The Morgan fingerprint density at radius 1 is 0.895 bits per heavy atom. The van der Waals surface area contributed by atoms with E-state index in [0.717, 1.165) is 25.7 Å². The SMILES string of the molecule is C=CCC[C@@H]1CC[C@H](O[Si](C(C)C)(C(C)C)C(C)C)[C@@H]1CC(=O)N(Cc1ccccc1)Cc1ccccc1. The van der Waals surface area contributed by atoms with Crippen LogP contribution in [0.2, 0.25) is 16.6 Å². The van der Waals surface area contributed by atoms with Crippen LogP contribution in [0.5, 0.6) is 0 Å². The van der Waals surface area contributed by atoms with Crippen molar-refractivity contribution in [2.45, 2.75) is 109 Å². The van der Waals surface area contributed by atoms with Gasteiger partial charge in [0.2, 0.25) is 14.2 Å². The topological polar surface area (TPSA) is 29.5 Å². The Morgan fingerprint density at radius 2 is 1.39 bits per heavy atom. The number of hydrogen-bond acceptors (Lipinski definition) is 2. The minimum atomic E-state index is -2.04. The molecular weight excluding hydrogens is 482 g/mol. The molecule has 0 spiro atoms. The predicted octanol–water partition coefficient (Wildman–Crippen LogP) is 9.16. The standard InChI is InChI=1S/C34H51NO2Si/c1-8-9-20-31-21-22-33(37-38(26(2)3,27(4)5)28(6)7)32(31)23-34(36)35(24-29-16-12-10-13-17-29)25-30-18-14-11-15-19-30/h8,10-19,26-28,31-33H,1,9,20-25H2,2-7H3/t31-,32-,33+/m1/s1. The number of rotatable bonds is 14. The lowest BCUT2D eigenvalue weighted by Gasteiger charge is -2.45. The van der Waals surface area contributed by atoms with E-state index in [9.17, 15) is 4.79 Å². The molecule has 38 heavy (non-hydrogen) atoms. The van der Waals surface area contributed by atoms with E-state index in [4.69, 9.17) is 4.43 Å². The maximum atomic E-state index is 14.1. The summed E-state index contributed by atoms with van der Waals surface area (Å²) in [4.78, 5) is 16.2. The van der Waals surface area contributed by atoms with Crippen LogP contribution < -0.4 is 0 Å². The van der Waals surface area contributed by atoms with Gasteiger partial charge in [-0.3, -0.25) is 4.79 Å². The minimum Gasteiger partial charge on any atom is -0.413 e. The van der Waals surface area contributed by atoms with Crippen LogP contribution >= 0.6 is 0 Å². The van der Waals surface area contributed by atoms with Crippen LogP contribution in [0.1, 0.15) is 84.8 Å².